The van der Waals surface area contributed by atoms with Crippen molar-refractivity contribution in [1.82, 2.24) is 9.88 Å². The molecule has 182 valence electrons. The van der Waals surface area contributed by atoms with E-state index in [1.54, 1.807) is 14.2 Å². The van der Waals surface area contributed by atoms with E-state index < -0.39 is 5.97 Å². The largest absolute Gasteiger partial charge is 0.497 e. The van der Waals surface area contributed by atoms with Gasteiger partial charge in [-0.3, -0.25) is 0 Å². The smallest absolute Gasteiger partial charge is 0.352 e. The fourth-order valence-corrected chi connectivity index (χ4v) is 4.31. The van der Waals surface area contributed by atoms with Crippen molar-refractivity contribution in [2.24, 2.45) is 0 Å². The Labute approximate surface area is 204 Å². The Bertz CT molecular complexity index is 1310. The van der Waals surface area contributed by atoms with Gasteiger partial charge in [0.25, 0.3) is 0 Å². The predicted octanol–water partition coefficient (Wildman–Crippen LogP) is 5.09. The van der Waals surface area contributed by atoms with Crippen molar-refractivity contribution in [3.63, 3.8) is 0 Å². The number of benzene rings is 3. The van der Waals surface area contributed by atoms with Crippen LogP contribution in [0.3, 0.4) is 0 Å². The SMILES string of the molecule is CCOc1cc(CNCc2c(C(=O)O)n(Cc3ccc(OC)cc3)c3ccccc23)ccc1OC. The maximum absolute atomic E-state index is 12.4. The zero-order valence-corrected chi connectivity index (χ0v) is 20.2. The van der Waals surface area contributed by atoms with Crippen LogP contribution < -0.4 is 19.5 Å². The molecule has 0 saturated carbocycles. The molecular weight excluding hydrogens is 444 g/mol. The van der Waals surface area contributed by atoms with Gasteiger partial charge in [0, 0.05) is 36.1 Å². The Morgan fingerprint density at radius 2 is 1.66 bits per heavy atom. The van der Waals surface area contributed by atoms with Crippen LogP contribution in [0.5, 0.6) is 17.2 Å². The summed E-state index contributed by atoms with van der Waals surface area (Å²) in [5.74, 6) is 1.19. The molecule has 4 aromatic rings. The fourth-order valence-electron chi connectivity index (χ4n) is 4.31. The summed E-state index contributed by atoms with van der Waals surface area (Å²) < 4.78 is 18.2. The molecule has 0 atom stereocenters. The molecule has 0 saturated heterocycles. The maximum Gasteiger partial charge on any atom is 0.352 e. The molecule has 0 aliphatic carbocycles. The van der Waals surface area contributed by atoms with Crippen LogP contribution in [0.15, 0.2) is 66.7 Å². The minimum Gasteiger partial charge on any atom is -0.497 e. The van der Waals surface area contributed by atoms with E-state index in [0.29, 0.717) is 43.4 Å². The van der Waals surface area contributed by atoms with Crippen LogP contribution >= 0.6 is 0 Å². The molecule has 3 aromatic carbocycles. The average Bonchev–Trinajstić information content (AvgIpc) is 3.18. The minimum atomic E-state index is -0.949. The third-order valence-corrected chi connectivity index (χ3v) is 5.94. The number of aromatic nitrogens is 1. The number of carbonyl (C=O) groups is 1. The van der Waals surface area contributed by atoms with Crippen molar-refractivity contribution in [2.45, 2.75) is 26.6 Å². The second kappa shape index (κ2) is 11.0. The molecule has 0 amide bonds. The number of fused-ring (bicyclic) bond motifs is 1. The molecule has 0 aliphatic rings. The number of ether oxygens (including phenoxy) is 3. The van der Waals surface area contributed by atoms with E-state index in [2.05, 4.69) is 5.32 Å². The third-order valence-electron chi connectivity index (χ3n) is 5.94. The van der Waals surface area contributed by atoms with Crippen LogP contribution in [-0.4, -0.2) is 36.5 Å². The lowest BCUT2D eigenvalue weighted by Gasteiger charge is -2.12. The van der Waals surface area contributed by atoms with Gasteiger partial charge in [0.05, 0.1) is 20.8 Å². The number of nitrogens with zero attached hydrogens (tertiary/aromatic N) is 1. The molecule has 1 heterocycles. The Hall–Kier alpha value is -3.97. The highest BCUT2D eigenvalue weighted by Gasteiger charge is 2.22. The van der Waals surface area contributed by atoms with Crippen molar-refractivity contribution in [3.05, 3.63) is 89.1 Å². The highest BCUT2D eigenvalue weighted by atomic mass is 16.5. The van der Waals surface area contributed by atoms with E-state index in [9.17, 15) is 9.90 Å². The van der Waals surface area contributed by atoms with Crippen LogP contribution in [0, 0.1) is 0 Å². The van der Waals surface area contributed by atoms with Gasteiger partial charge in [-0.2, -0.15) is 0 Å². The van der Waals surface area contributed by atoms with E-state index in [1.165, 1.54) is 0 Å². The quantitative estimate of drug-likeness (QED) is 0.315. The molecule has 7 nitrogen and oxygen atoms in total. The summed E-state index contributed by atoms with van der Waals surface area (Å²) >= 11 is 0. The molecule has 0 aliphatic heterocycles. The number of carboxylic acid groups (broad SMARTS) is 1. The van der Waals surface area contributed by atoms with Crippen molar-refractivity contribution < 1.29 is 24.1 Å². The van der Waals surface area contributed by atoms with E-state index in [-0.39, 0.29) is 0 Å². The lowest BCUT2D eigenvalue weighted by Crippen LogP contribution is -2.17. The lowest BCUT2D eigenvalue weighted by molar-refractivity contribution is 0.0684. The van der Waals surface area contributed by atoms with Gasteiger partial charge < -0.3 is 29.2 Å². The number of hydrogen-bond acceptors (Lipinski definition) is 5. The normalized spacial score (nSPS) is 10.9. The monoisotopic (exact) mass is 474 g/mol. The molecule has 0 radical (unpaired) electrons. The van der Waals surface area contributed by atoms with Gasteiger partial charge in [-0.25, -0.2) is 4.79 Å². The average molecular weight is 475 g/mol. The second-order valence-corrected chi connectivity index (χ2v) is 8.11. The molecule has 35 heavy (non-hydrogen) atoms. The third kappa shape index (κ3) is 5.25. The first-order valence-electron chi connectivity index (χ1n) is 11.5. The number of methoxy groups -OCH3 is 2. The molecule has 2 N–H and O–H groups in total. The first-order chi connectivity index (χ1) is 17.0. The van der Waals surface area contributed by atoms with Crippen molar-refractivity contribution in [2.75, 3.05) is 20.8 Å². The number of hydrogen-bond donors (Lipinski definition) is 2. The van der Waals surface area contributed by atoms with Gasteiger partial charge >= 0.3 is 5.97 Å². The van der Waals surface area contributed by atoms with Crippen LogP contribution in [0.25, 0.3) is 10.9 Å². The summed E-state index contributed by atoms with van der Waals surface area (Å²) in [6.45, 7) is 3.89. The van der Waals surface area contributed by atoms with Gasteiger partial charge in [-0.1, -0.05) is 36.4 Å². The molecule has 4 rings (SSSR count). The molecule has 0 bridgehead atoms. The molecule has 0 unspecified atom stereocenters. The van der Waals surface area contributed by atoms with Crippen LogP contribution in [0.2, 0.25) is 0 Å². The van der Waals surface area contributed by atoms with Crippen LogP contribution in [0.4, 0.5) is 0 Å². The van der Waals surface area contributed by atoms with Gasteiger partial charge in [-0.05, 0) is 48.4 Å². The summed E-state index contributed by atoms with van der Waals surface area (Å²) in [6.07, 6.45) is 0. The second-order valence-electron chi connectivity index (χ2n) is 8.11. The summed E-state index contributed by atoms with van der Waals surface area (Å²) in [7, 11) is 3.24. The number of para-hydroxylation sites is 1. The van der Waals surface area contributed by atoms with Crippen molar-refractivity contribution >= 4 is 16.9 Å². The predicted molar refractivity (Wildman–Crippen MR) is 136 cm³/mol. The highest BCUT2D eigenvalue weighted by molar-refractivity contribution is 5.98. The van der Waals surface area contributed by atoms with Gasteiger partial charge in [0.1, 0.15) is 11.4 Å². The standard InChI is InChI=1S/C28H30N2O5/c1-4-35-26-15-20(11-14-25(26)34-3)16-29-17-23-22-7-5-6-8-24(22)30(27(23)28(31)32)18-19-9-12-21(33-2)13-10-19/h5-15,29H,4,16-18H2,1-3H3,(H,31,32). The zero-order valence-electron chi connectivity index (χ0n) is 20.2. The topological polar surface area (TPSA) is 82.0 Å². The van der Waals surface area contributed by atoms with Gasteiger partial charge in [-0.15, -0.1) is 0 Å². The number of rotatable bonds is 11. The van der Waals surface area contributed by atoms with Crippen molar-refractivity contribution in [1.29, 1.82) is 0 Å². The summed E-state index contributed by atoms with van der Waals surface area (Å²) in [4.78, 5) is 12.4. The Morgan fingerprint density at radius 1 is 0.914 bits per heavy atom. The van der Waals surface area contributed by atoms with Crippen LogP contribution in [0.1, 0.15) is 34.1 Å². The van der Waals surface area contributed by atoms with E-state index in [4.69, 9.17) is 14.2 Å². The summed E-state index contributed by atoms with van der Waals surface area (Å²) in [5.41, 5.74) is 3.96. The zero-order chi connectivity index (χ0) is 24.8. The first kappa shape index (κ1) is 24.2. The lowest BCUT2D eigenvalue weighted by atomic mass is 10.1. The number of nitrogens with one attached hydrogen (secondary N) is 1. The number of carboxylic acids is 1. The van der Waals surface area contributed by atoms with E-state index >= 15 is 0 Å². The Morgan fingerprint density at radius 3 is 2.34 bits per heavy atom. The maximum atomic E-state index is 12.4. The summed E-state index contributed by atoms with van der Waals surface area (Å²) in [6, 6.07) is 21.3. The van der Waals surface area contributed by atoms with E-state index in [1.807, 2.05) is 78.2 Å². The minimum absolute atomic E-state index is 0.291. The Kier molecular flexibility index (Phi) is 7.57. The number of aromatic carboxylic acids is 1. The molecule has 1 aromatic heterocycles. The molecule has 0 spiro atoms. The molecular formula is C28H30N2O5. The first-order valence-corrected chi connectivity index (χ1v) is 11.5. The molecule has 7 heteroatoms. The Balaban J connectivity index is 1.62. The highest BCUT2D eigenvalue weighted by Crippen LogP contribution is 2.30. The van der Waals surface area contributed by atoms with Crippen molar-refractivity contribution in [3.8, 4) is 17.2 Å². The van der Waals surface area contributed by atoms with E-state index in [0.717, 1.165) is 33.3 Å². The summed E-state index contributed by atoms with van der Waals surface area (Å²) in [5, 5.41) is 14.5. The fraction of sp³-hybridized carbons (Fsp3) is 0.250. The van der Waals surface area contributed by atoms with Gasteiger partial charge in [0.15, 0.2) is 11.5 Å². The van der Waals surface area contributed by atoms with Gasteiger partial charge in [0.2, 0.25) is 0 Å². The van der Waals surface area contributed by atoms with Crippen LogP contribution in [-0.2, 0) is 19.6 Å². The molecule has 0 fully saturated rings.